The van der Waals surface area contributed by atoms with Gasteiger partial charge in [-0.1, -0.05) is 6.07 Å². The van der Waals surface area contributed by atoms with Gasteiger partial charge in [-0.15, -0.1) is 0 Å². The first-order chi connectivity index (χ1) is 9.74. The lowest BCUT2D eigenvalue weighted by Crippen LogP contribution is -2.31. The molecule has 0 fully saturated rings. The molecule has 0 spiro atoms. The predicted molar refractivity (Wildman–Crippen MR) is 71.0 cm³/mol. The molecular formula is C14H16N2O4. The number of aliphatic hydroxyl groups excluding tert-OH is 1. The van der Waals surface area contributed by atoms with Gasteiger partial charge in [0.15, 0.2) is 5.76 Å². The molecule has 2 aromatic rings. The number of pyridine rings is 1. The minimum Gasteiger partial charge on any atom is -0.453 e. The van der Waals surface area contributed by atoms with Gasteiger partial charge in [0.1, 0.15) is 12.4 Å². The van der Waals surface area contributed by atoms with Gasteiger partial charge < -0.3 is 19.6 Å². The molecule has 20 heavy (non-hydrogen) atoms. The van der Waals surface area contributed by atoms with E-state index in [1.807, 2.05) is 12.1 Å². The normalized spacial score (nSPS) is 12.1. The first-order valence-electron chi connectivity index (χ1n) is 6.15. The molecule has 6 nitrogen and oxygen atoms in total. The number of hydrogen-bond acceptors (Lipinski definition) is 5. The van der Waals surface area contributed by atoms with Crippen LogP contribution in [0.2, 0.25) is 0 Å². The monoisotopic (exact) mass is 276 g/mol. The summed E-state index contributed by atoms with van der Waals surface area (Å²) in [4.78, 5) is 16.3. The molecule has 0 aromatic carbocycles. The number of aliphatic hydroxyl groups is 1. The predicted octanol–water partition coefficient (Wildman–Crippen LogP) is 1.28. The zero-order valence-electron chi connectivity index (χ0n) is 11.1. The van der Waals surface area contributed by atoms with Crippen molar-refractivity contribution in [1.82, 2.24) is 10.3 Å². The minimum absolute atomic E-state index is 0.145. The summed E-state index contributed by atoms with van der Waals surface area (Å²) >= 11 is 0. The fourth-order valence-electron chi connectivity index (χ4n) is 1.76. The van der Waals surface area contributed by atoms with Crippen molar-refractivity contribution in [3.8, 4) is 0 Å². The maximum Gasteiger partial charge on any atom is 0.287 e. The number of carbonyl (C=O) groups is 1. The van der Waals surface area contributed by atoms with Gasteiger partial charge in [-0.3, -0.25) is 9.78 Å². The van der Waals surface area contributed by atoms with E-state index in [1.165, 1.54) is 6.07 Å². The van der Waals surface area contributed by atoms with Crippen LogP contribution in [0.15, 0.2) is 40.9 Å². The summed E-state index contributed by atoms with van der Waals surface area (Å²) in [6.45, 7) is 0.0609. The van der Waals surface area contributed by atoms with Crippen molar-refractivity contribution in [2.45, 2.75) is 12.6 Å². The van der Waals surface area contributed by atoms with Gasteiger partial charge in [0.2, 0.25) is 0 Å². The summed E-state index contributed by atoms with van der Waals surface area (Å²) in [5.41, 5.74) is 0.705. The maximum absolute atomic E-state index is 12.1. The topological polar surface area (TPSA) is 84.6 Å². The van der Waals surface area contributed by atoms with E-state index in [4.69, 9.17) is 14.3 Å². The highest BCUT2D eigenvalue weighted by Gasteiger charge is 2.18. The Morgan fingerprint density at radius 2 is 2.30 bits per heavy atom. The SMILES string of the molecule is COCC(NC(=O)c1ccc(CO)o1)c1ccccn1. The molecule has 2 heterocycles. The molecule has 2 rings (SSSR count). The maximum atomic E-state index is 12.1. The van der Waals surface area contributed by atoms with E-state index in [2.05, 4.69) is 10.3 Å². The van der Waals surface area contributed by atoms with Crippen molar-refractivity contribution in [1.29, 1.82) is 0 Å². The van der Waals surface area contributed by atoms with Gasteiger partial charge in [0.25, 0.3) is 5.91 Å². The molecule has 0 radical (unpaired) electrons. The van der Waals surface area contributed by atoms with E-state index < -0.39 is 0 Å². The van der Waals surface area contributed by atoms with E-state index in [1.54, 1.807) is 25.4 Å². The van der Waals surface area contributed by atoms with Gasteiger partial charge in [0.05, 0.1) is 18.3 Å². The Morgan fingerprint density at radius 1 is 1.45 bits per heavy atom. The molecule has 106 valence electrons. The number of ether oxygens (including phenoxy) is 1. The fraction of sp³-hybridized carbons (Fsp3) is 0.286. The number of carbonyl (C=O) groups excluding carboxylic acids is 1. The molecule has 6 heteroatoms. The number of rotatable bonds is 6. The number of nitrogens with one attached hydrogen (secondary N) is 1. The number of aromatic nitrogens is 1. The van der Waals surface area contributed by atoms with Crippen molar-refractivity contribution >= 4 is 5.91 Å². The first kappa shape index (κ1) is 14.2. The Hall–Kier alpha value is -2.18. The van der Waals surface area contributed by atoms with Crippen LogP contribution in [-0.2, 0) is 11.3 Å². The summed E-state index contributed by atoms with van der Waals surface area (Å²) < 4.78 is 10.3. The van der Waals surface area contributed by atoms with E-state index in [-0.39, 0.29) is 24.3 Å². The van der Waals surface area contributed by atoms with Gasteiger partial charge in [-0.25, -0.2) is 0 Å². The van der Waals surface area contributed by atoms with Crippen molar-refractivity contribution in [2.24, 2.45) is 0 Å². The van der Waals surface area contributed by atoms with Crippen LogP contribution in [0.5, 0.6) is 0 Å². The molecule has 1 unspecified atom stereocenters. The highest BCUT2D eigenvalue weighted by atomic mass is 16.5. The number of hydrogen-bond donors (Lipinski definition) is 2. The zero-order valence-corrected chi connectivity index (χ0v) is 11.1. The first-order valence-corrected chi connectivity index (χ1v) is 6.15. The standard InChI is InChI=1S/C14H16N2O4/c1-19-9-12(11-4-2-3-7-15-11)16-14(18)13-6-5-10(8-17)20-13/h2-7,12,17H,8-9H2,1H3,(H,16,18). The van der Waals surface area contributed by atoms with Crippen LogP contribution in [0.4, 0.5) is 0 Å². The number of amides is 1. The highest BCUT2D eigenvalue weighted by Crippen LogP contribution is 2.13. The molecule has 0 bridgehead atoms. The second kappa shape index (κ2) is 6.83. The van der Waals surface area contributed by atoms with Crippen LogP contribution in [-0.4, -0.2) is 29.7 Å². The second-order valence-corrected chi connectivity index (χ2v) is 4.16. The summed E-state index contributed by atoms with van der Waals surface area (Å²) in [6, 6.07) is 8.16. The van der Waals surface area contributed by atoms with Crippen LogP contribution in [0.25, 0.3) is 0 Å². The smallest absolute Gasteiger partial charge is 0.287 e. The Morgan fingerprint density at radius 3 is 2.90 bits per heavy atom. The van der Waals surface area contributed by atoms with Crippen LogP contribution in [0.3, 0.4) is 0 Å². The van der Waals surface area contributed by atoms with Gasteiger partial charge in [-0.05, 0) is 24.3 Å². The van der Waals surface area contributed by atoms with Crippen molar-refractivity contribution in [3.63, 3.8) is 0 Å². The number of furan rings is 1. The van der Waals surface area contributed by atoms with Gasteiger partial charge in [-0.2, -0.15) is 0 Å². The summed E-state index contributed by atoms with van der Waals surface area (Å²) in [5.74, 6) is 0.111. The fourth-order valence-corrected chi connectivity index (χ4v) is 1.76. The van der Waals surface area contributed by atoms with Crippen LogP contribution < -0.4 is 5.32 Å². The average Bonchev–Trinajstić information content (AvgIpc) is 2.97. The summed E-state index contributed by atoms with van der Waals surface area (Å²) in [6.07, 6.45) is 1.65. The molecule has 0 aliphatic rings. The average molecular weight is 276 g/mol. The van der Waals surface area contributed by atoms with E-state index >= 15 is 0 Å². The third kappa shape index (κ3) is 3.43. The largest absolute Gasteiger partial charge is 0.453 e. The molecule has 0 saturated heterocycles. The number of methoxy groups -OCH3 is 1. The molecule has 2 N–H and O–H groups in total. The Bertz CT molecular complexity index is 553. The van der Waals surface area contributed by atoms with Crippen LogP contribution in [0.1, 0.15) is 28.1 Å². The molecule has 0 saturated carbocycles. The Labute approximate surface area is 116 Å². The van der Waals surface area contributed by atoms with Crippen molar-refractivity contribution in [2.75, 3.05) is 13.7 Å². The lowest BCUT2D eigenvalue weighted by Gasteiger charge is -2.16. The van der Waals surface area contributed by atoms with E-state index in [0.29, 0.717) is 18.1 Å². The molecule has 1 atom stereocenters. The zero-order chi connectivity index (χ0) is 14.4. The molecular weight excluding hydrogens is 260 g/mol. The molecule has 0 aliphatic heterocycles. The third-order valence-electron chi connectivity index (χ3n) is 2.72. The van der Waals surface area contributed by atoms with Gasteiger partial charge in [0, 0.05) is 13.3 Å². The summed E-state index contributed by atoms with van der Waals surface area (Å²) in [5, 5.41) is 11.7. The van der Waals surface area contributed by atoms with Crippen LogP contribution in [0, 0.1) is 0 Å². The van der Waals surface area contributed by atoms with Crippen molar-refractivity contribution in [3.05, 3.63) is 53.7 Å². The molecule has 2 aromatic heterocycles. The molecule has 1 amide bonds. The Kier molecular flexibility index (Phi) is 4.86. The minimum atomic E-state index is -0.377. The Balaban J connectivity index is 2.10. The number of nitrogens with zero attached hydrogens (tertiary/aromatic N) is 1. The second-order valence-electron chi connectivity index (χ2n) is 4.16. The lowest BCUT2D eigenvalue weighted by atomic mass is 10.2. The lowest BCUT2D eigenvalue weighted by molar-refractivity contribution is 0.0862. The molecule has 0 aliphatic carbocycles. The van der Waals surface area contributed by atoms with Crippen LogP contribution >= 0.6 is 0 Å². The summed E-state index contributed by atoms with van der Waals surface area (Å²) in [7, 11) is 1.55. The quantitative estimate of drug-likeness (QED) is 0.830. The third-order valence-corrected chi connectivity index (χ3v) is 2.72. The highest BCUT2D eigenvalue weighted by molar-refractivity contribution is 5.91. The van der Waals surface area contributed by atoms with E-state index in [0.717, 1.165) is 0 Å². The van der Waals surface area contributed by atoms with E-state index in [9.17, 15) is 4.79 Å². The van der Waals surface area contributed by atoms with Crippen molar-refractivity contribution < 1.29 is 19.1 Å². The van der Waals surface area contributed by atoms with Gasteiger partial charge >= 0.3 is 0 Å².